The molecule has 0 spiro atoms. The first kappa shape index (κ1) is 38.3. The molecule has 0 fully saturated rings. The van der Waals surface area contributed by atoms with Gasteiger partial charge in [0, 0.05) is 0 Å². The van der Waals surface area contributed by atoms with E-state index in [1.807, 2.05) is 0 Å². The number of allylic oxidation sites excluding steroid dienone is 1. The Morgan fingerprint density at radius 1 is 0.541 bits per heavy atom. The number of rotatable bonds is 27. The van der Waals surface area contributed by atoms with Crippen molar-refractivity contribution in [3.05, 3.63) is 12.7 Å². The number of hydrogen-bond donors (Lipinski definition) is 1. The molecule has 0 amide bonds. The molecule has 0 bridgehead atoms. The molecule has 1 nitrogen and oxygen atoms in total. The summed E-state index contributed by atoms with van der Waals surface area (Å²) < 4.78 is 10.7. The molecule has 0 heterocycles. The van der Waals surface area contributed by atoms with Gasteiger partial charge in [-0.05, 0) is 0 Å². The van der Waals surface area contributed by atoms with Crippen LogP contribution in [0.1, 0.15) is 151 Å². The third-order valence-electron chi connectivity index (χ3n) is 9.70. The van der Waals surface area contributed by atoms with E-state index < -0.39 is 36.8 Å². The molecule has 2 atom stereocenters. The molecule has 0 aliphatic heterocycles. The Bertz CT molecular complexity index is 444. The van der Waals surface area contributed by atoms with Crippen molar-refractivity contribution in [2.24, 2.45) is 5.92 Å². The first-order valence-corrected chi connectivity index (χ1v) is 32.6. The Balaban J connectivity index is 7.30. The van der Waals surface area contributed by atoms with Crippen molar-refractivity contribution in [1.82, 2.24) is 0 Å². The minimum absolute atomic E-state index is 0.0927. The van der Waals surface area contributed by atoms with Gasteiger partial charge >= 0.3 is 246 Å². The van der Waals surface area contributed by atoms with E-state index in [9.17, 15) is 5.11 Å². The van der Waals surface area contributed by atoms with Crippen molar-refractivity contribution >= 4 is 36.8 Å². The summed E-state index contributed by atoms with van der Waals surface area (Å²) >= 11 is -5.26. The fraction of sp³-hybridized carbons (Fsp3) is 0.941. The average Bonchev–Trinajstić information content (AvgIpc) is 2.92. The van der Waals surface area contributed by atoms with Crippen molar-refractivity contribution in [3.8, 4) is 0 Å². The Morgan fingerprint density at radius 3 is 1.08 bits per heavy atom. The molecular weight excluding hydrogens is 662 g/mol. The first-order valence-electron chi connectivity index (χ1n) is 17.2. The molecule has 0 saturated carbocycles. The van der Waals surface area contributed by atoms with Crippen LogP contribution in [0.25, 0.3) is 0 Å². The summed E-state index contributed by atoms with van der Waals surface area (Å²) in [6.45, 7) is 21.2. The van der Waals surface area contributed by atoms with Gasteiger partial charge in [-0.25, -0.2) is 0 Å². The Kier molecular flexibility index (Phi) is 24.8. The normalized spacial score (nSPS) is 14.3. The minimum atomic E-state index is -2.63. The van der Waals surface area contributed by atoms with Crippen LogP contribution in [-0.2, 0) is 0 Å². The zero-order valence-electron chi connectivity index (χ0n) is 27.0. The fourth-order valence-corrected chi connectivity index (χ4v) is 87.9. The summed E-state index contributed by atoms with van der Waals surface area (Å²) in [5.41, 5.74) is 0. The van der Waals surface area contributed by atoms with Crippen LogP contribution in [-0.4, -0.2) is 48.0 Å². The van der Waals surface area contributed by atoms with E-state index in [4.69, 9.17) is 0 Å². The summed E-state index contributed by atoms with van der Waals surface area (Å²) in [5, 5.41) is 12.0. The van der Waals surface area contributed by atoms with E-state index in [-0.39, 0.29) is 6.10 Å². The number of unbranched alkanes of at least 4 members (excludes halogenated alkanes) is 7. The molecule has 0 aromatic carbocycles. The molecule has 0 radical (unpaired) electrons. The summed E-state index contributed by atoms with van der Waals surface area (Å²) in [6.07, 6.45) is 23.6. The van der Waals surface area contributed by atoms with Gasteiger partial charge in [0.1, 0.15) is 0 Å². The standard InChI is InChI=1S/C10H18O.6C4H9.2Sn/c1-4-6-8-10(11)9(3)7-5-2;6*1-3-4-2;;/h3,5,9-11H,2,4,6-8H2,1H3;6*1,3-4H2,2H3;;/t9-,10+;;;;;;;;/m0......../s1. The van der Waals surface area contributed by atoms with Gasteiger partial charge < -0.3 is 0 Å². The molecule has 0 aromatic heterocycles. The van der Waals surface area contributed by atoms with Crippen LogP contribution in [0, 0.1) is 5.92 Å². The quantitative estimate of drug-likeness (QED) is 0.0658. The van der Waals surface area contributed by atoms with E-state index in [0.29, 0.717) is 5.92 Å². The summed E-state index contributed by atoms with van der Waals surface area (Å²) in [5.74, 6) is 0.534. The Morgan fingerprint density at radius 2 is 0.838 bits per heavy atom. The molecule has 222 valence electrons. The monoisotopic (exact) mass is 736 g/mol. The van der Waals surface area contributed by atoms with Crippen LogP contribution in [0.5, 0.6) is 0 Å². The van der Waals surface area contributed by atoms with Crippen molar-refractivity contribution in [3.63, 3.8) is 0 Å². The van der Waals surface area contributed by atoms with Crippen molar-refractivity contribution in [2.45, 2.75) is 186 Å². The SMILES string of the molecule is C=CC[C@H]([CH]([Sn]([CH2]CCC)([CH2]CCC)[CH2]CCC)[Sn]([CH2]CCC)([CH2]CCC)[CH2]CCC)[C@H](O)CCCC. The Hall–Kier alpha value is 1.30. The van der Waals surface area contributed by atoms with Crippen LogP contribution < -0.4 is 0 Å². The van der Waals surface area contributed by atoms with Crippen LogP contribution in [0.4, 0.5) is 0 Å². The first-order chi connectivity index (χ1) is 17.9. The van der Waals surface area contributed by atoms with Crippen molar-refractivity contribution in [1.29, 1.82) is 0 Å². The molecule has 1 N–H and O–H groups in total. The molecule has 0 aromatic rings. The summed E-state index contributed by atoms with van der Waals surface area (Å²) in [7, 11) is 0. The van der Waals surface area contributed by atoms with Gasteiger partial charge in [-0.2, -0.15) is 0 Å². The molecule has 0 aliphatic carbocycles. The van der Waals surface area contributed by atoms with Gasteiger partial charge in [0.25, 0.3) is 0 Å². The second-order valence-corrected chi connectivity index (χ2v) is 45.1. The molecule has 0 aliphatic rings. The topological polar surface area (TPSA) is 20.2 Å². The second-order valence-electron chi connectivity index (χ2n) is 12.7. The fourth-order valence-electron chi connectivity index (χ4n) is 7.75. The number of hydrogen-bond acceptors (Lipinski definition) is 1. The third-order valence-corrected chi connectivity index (χ3v) is 66.2. The third kappa shape index (κ3) is 13.7. The van der Waals surface area contributed by atoms with Gasteiger partial charge in [-0.3, -0.25) is 0 Å². The molecular formula is C34H72OSn2. The van der Waals surface area contributed by atoms with Gasteiger partial charge in [0.2, 0.25) is 0 Å². The van der Waals surface area contributed by atoms with Gasteiger partial charge in [-0.15, -0.1) is 0 Å². The van der Waals surface area contributed by atoms with E-state index >= 15 is 0 Å². The van der Waals surface area contributed by atoms with Gasteiger partial charge in [0.05, 0.1) is 0 Å². The predicted molar refractivity (Wildman–Crippen MR) is 177 cm³/mol. The molecule has 0 saturated heterocycles. The van der Waals surface area contributed by atoms with Crippen molar-refractivity contribution in [2.75, 3.05) is 0 Å². The molecule has 3 heteroatoms. The summed E-state index contributed by atoms with van der Waals surface area (Å²) in [6, 6.07) is 0. The zero-order valence-corrected chi connectivity index (χ0v) is 32.7. The summed E-state index contributed by atoms with van der Waals surface area (Å²) in [4.78, 5) is 0. The van der Waals surface area contributed by atoms with Crippen LogP contribution in [0.3, 0.4) is 0 Å². The Labute approximate surface area is 244 Å². The predicted octanol–water partition coefficient (Wildman–Crippen LogP) is 12.3. The second kappa shape index (κ2) is 23.9. The van der Waals surface area contributed by atoms with E-state index in [2.05, 4.69) is 61.1 Å². The molecule has 0 rings (SSSR count). The average molecular weight is 734 g/mol. The van der Waals surface area contributed by atoms with Crippen LogP contribution in [0.2, 0.25) is 28.6 Å². The van der Waals surface area contributed by atoms with Gasteiger partial charge in [-0.1, -0.05) is 0 Å². The van der Waals surface area contributed by atoms with Crippen LogP contribution >= 0.6 is 0 Å². The maximum absolute atomic E-state index is 12.0. The van der Waals surface area contributed by atoms with E-state index in [0.717, 1.165) is 14.8 Å². The number of aliphatic hydroxyl groups is 1. The van der Waals surface area contributed by atoms with Crippen molar-refractivity contribution < 1.29 is 5.11 Å². The van der Waals surface area contributed by atoms with E-state index in [1.54, 1.807) is 26.6 Å². The van der Waals surface area contributed by atoms with E-state index in [1.165, 1.54) is 89.9 Å². The number of aliphatic hydroxyl groups excluding tert-OH is 1. The molecule has 37 heavy (non-hydrogen) atoms. The van der Waals surface area contributed by atoms with Gasteiger partial charge in [0.15, 0.2) is 0 Å². The zero-order chi connectivity index (χ0) is 28.0. The molecule has 0 unspecified atom stereocenters. The van der Waals surface area contributed by atoms with Crippen LogP contribution in [0.15, 0.2) is 12.7 Å². The maximum atomic E-state index is 12.0.